The summed E-state index contributed by atoms with van der Waals surface area (Å²) in [6.45, 7) is 3.66. The van der Waals surface area contributed by atoms with Crippen molar-refractivity contribution in [2.24, 2.45) is 7.05 Å². The highest BCUT2D eigenvalue weighted by molar-refractivity contribution is 5.89. The van der Waals surface area contributed by atoms with Crippen LogP contribution in [0.4, 0.5) is 0 Å². The van der Waals surface area contributed by atoms with E-state index in [1.165, 1.54) is 0 Å². The Bertz CT molecular complexity index is 376. The third kappa shape index (κ3) is 1.98. The van der Waals surface area contributed by atoms with Gasteiger partial charge in [0.15, 0.2) is 5.69 Å². The smallest absolute Gasteiger partial charge is 0.359 e. The number of rotatable bonds is 2. The van der Waals surface area contributed by atoms with Gasteiger partial charge in [-0.2, -0.15) is 5.10 Å². The van der Waals surface area contributed by atoms with Gasteiger partial charge in [-0.25, -0.2) is 4.79 Å². The van der Waals surface area contributed by atoms with E-state index in [1.54, 1.807) is 11.6 Å². The van der Waals surface area contributed by atoms with E-state index >= 15 is 0 Å². The minimum absolute atomic E-state index is 0. The second kappa shape index (κ2) is 4.63. The number of fused-ring (bicyclic) bond motifs is 1. The average molecular weight is 232 g/mol. The van der Waals surface area contributed by atoms with Crippen LogP contribution in [0.15, 0.2) is 0 Å². The van der Waals surface area contributed by atoms with Crippen molar-refractivity contribution in [3.05, 3.63) is 17.0 Å². The van der Waals surface area contributed by atoms with Gasteiger partial charge < -0.3 is 10.1 Å². The van der Waals surface area contributed by atoms with Crippen LogP contribution in [0.3, 0.4) is 0 Å². The predicted molar refractivity (Wildman–Crippen MR) is 57.0 cm³/mol. The van der Waals surface area contributed by atoms with Gasteiger partial charge in [-0.05, 0) is 6.92 Å². The normalized spacial score (nSPS) is 13.2. The molecule has 2 rings (SSSR count). The number of hydrogen-bond acceptors (Lipinski definition) is 4. The Morgan fingerprint density at radius 3 is 3.00 bits per heavy atom. The first kappa shape index (κ1) is 12.0. The molecule has 1 N–H and O–H groups in total. The van der Waals surface area contributed by atoms with Gasteiger partial charge in [0.2, 0.25) is 0 Å². The van der Waals surface area contributed by atoms with E-state index in [2.05, 4.69) is 10.4 Å². The molecule has 6 heteroatoms. The first-order valence-corrected chi connectivity index (χ1v) is 4.66. The van der Waals surface area contributed by atoms with E-state index in [-0.39, 0.29) is 18.4 Å². The zero-order chi connectivity index (χ0) is 10.1. The largest absolute Gasteiger partial charge is 0.461 e. The molecule has 0 fully saturated rings. The summed E-state index contributed by atoms with van der Waals surface area (Å²) in [6.07, 6.45) is 0. The summed E-state index contributed by atoms with van der Waals surface area (Å²) in [6, 6.07) is 0. The Hall–Kier alpha value is -1.07. The van der Waals surface area contributed by atoms with E-state index in [4.69, 9.17) is 4.74 Å². The van der Waals surface area contributed by atoms with Crippen molar-refractivity contribution >= 4 is 18.4 Å². The minimum atomic E-state index is -0.326. The topological polar surface area (TPSA) is 56.1 Å². The highest BCUT2D eigenvalue weighted by Gasteiger charge is 2.25. The van der Waals surface area contributed by atoms with Crippen molar-refractivity contribution in [1.29, 1.82) is 0 Å². The van der Waals surface area contributed by atoms with Crippen LogP contribution in [0.1, 0.15) is 28.7 Å². The van der Waals surface area contributed by atoms with Crippen molar-refractivity contribution in [2.45, 2.75) is 20.0 Å². The quantitative estimate of drug-likeness (QED) is 0.759. The molecule has 0 bridgehead atoms. The third-order valence-corrected chi connectivity index (χ3v) is 2.34. The van der Waals surface area contributed by atoms with Crippen molar-refractivity contribution in [3.63, 3.8) is 0 Å². The summed E-state index contributed by atoms with van der Waals surface area (Å²) >= 11 is 0. The lowest BCUT2D eigenvalue weighted by Crippen LogP contribution is -2.11. The zero-order valence-electron chi connectivity index (χ0n) is 8.74. The molecule has 1 aliphatic heterocycles. The zero-order valence-corrected chi connectivity index (χ0v) is 9.56. The van der Waals surface area contributed by atoms with Crippen LogP contribution >= 0.6 is 12.4 Å². The number of esters is 1. The van der Waals surface area contributed by atoms with Crippen LogP contribution in [0.2, 0.25) is 0 Å². The summed E-state index contributed by atoms with van der Waals surface area (Å²) in [5, 5.41) is 7.33. The van der Waals surface area contributed by atoms with E-state index in [0.29, 0.717) is 18.8 Å². The number of nitrogens with one attached hydrogen (secondary N) is 1. The fourth-order valence-corrected chi connectivity index (χ4v) is 1.68. The number of hydrogen-bond donors (Lipinski definition) is 1. The summed E-state index contributed by atoms with van der Waals surface area (Å²) in [4.78, 5) is 11.5. The van der Waals surface area contributed by atoms with Crippen LogP contribution in [-0.2, 0) is 24.9 Å². The van der Waals surface area contributed by atoms with Crippen LogP contribution in [0.25, 0.3) is 0 Å². The number of ether oxygens (including phenoxy) is 1. The highest BCUT2D eigenvalue weighted by atomic mass is 35.5. The maximum atomic E-state index is 11.5. The Morgan fingerprint density at radius 2 is 2.33 bits per heavy atom. The second-order valence-corrected chi connectivity index (χ2v) is 3.22. The Labute approximate surface area is 94.2 Å². The number of aryl methyl sites for hydroxylation is 1. The third-order valence-electron chi connectivity index (χ3n) is 2.34. The van der Waals surface area contributed by atoms with Crippen LogP contribution in [0.5, 0.6) is 0 Å². The van der Waals surface area contributed by atoms with Gasteiger partial charge in [-0.3, -0.25) is 4.68 Å². The summed E-state index contributed by atoms with van der Waals surface area (Å²) in [5.41, 5.74) is 2.51. The van der Waals surface area contributed by atoms with Gasteiger partial charge in [0.25, 0.3) is 0 Å². The number of halogens is 1. The fraction of sp³-hybridized carbons (Fsp3) is 0.556. The molecule has 0 atom stereocenters. The molecule has 0 saturated heterocycles. The lowest BCUT2D eigenvalue weighted by atomic mass is 10.2. The molecule has 0 radical (unpaired) electrons. The maximum absolute atomic E-state index is 11.5. The first-order chi connectivity index (χ1) is 6.74. The van der Waals surface area contributed by atoms with E-state index in [1.807, 2.05) is 7.05 Å². The molecule has 84 valence electrons. The Balaban J connectivity index is 0.00000112. The monoisotopic (exact) mass is 231 g/mol. The molecule has 0 spiro atoms. The average Bonchev–Trinajstić information content (AvgIpc) is 2.70. The van der Waals surface area contributed by atoms with Crippen LogP contribution in [-0.4, -0.2) is 22.4 Å². The number of aromatic nitrogens is 2. The van der Waals surface area contributed by atoms with Gasteiger partial charge >= 0.3 is 5.97 Å². The first-order valence-electron chi connectivity index (χ1n) is 4.66. The number of nitrogens with zero attached hydrogens (tertiary/aromatic N) is 2. The molecular weight excluding hydrogens is 218 g/mol. The molecule has 2 heterocycles. The molecule has 0 aromatic carbocycles. The molecule has 1 aromatic rings. The second-order valence-electron chi connectivity index (χ2n) is 3.22. The summed E-state index contributed by atoms with van der Waals surface area (Å²) in [5.74, 6) is -0.326. The highest BCUT2D eigenvalue weighted by Crippen LogP contribution is 2.19. The summed E-state index contributed by atoms with van der Waals surface area (Å²) in [7, 11) is 1.84. The van der Waals surface area contributed by atoms with Crippen LogP contribution < -0.4 is 5.32 Å². The fourth-order valence-electron chi connectivity index (χ4n) is 1.68. The molecule has 5 nitrogen and oxygen atoms in total. The molecule has 0 aliphatic carbocycles. The predicted octanol–water partition coefficient (Wildman–Crippen LogP) is 0.622. The van der Waals surface area contributed by atoms with E-state index in [0.717, 1.165) is 17.8 Å². The number of carbonyl (C=O) groups excluding carboxylic acids is 1. The molecular formula is C9H14ClN3O2. The standard InChI is InChI=1S/C9H13N3O2.ClH/c1-3-14-9(13)8-6-4-10-5-7(6)12(2)11-8;/h10H,3-5H2,1-2H3;1H. The molecule has 0 saturated carbocycles. The van der Waals surface area contributed by atoms with Gasteiger partial charge in [0, 0.05) is 25.7 Å². The van der Waals surface area contributed by atoms with Gasteiger partial charge in [0.05, 0.1) is 12.3 Å². The SMILES string of the molecule is CCOC(=O)c1nn(C)c2c1CNC2.Cl. The Kier molecular flexibility index (Phi) is 3.71. The molecule has 1 aliphatic rings. The number of carbonyl (C=O) groups is 1. The minimum Gasteiger partial charge on any atom is -0.461 e. The van der Waals surface area contributed by atoms with E-state index in [9.17, 15) is 4.79 Å². The Morgan fingerprint density at radius 1 is 1.60 bits per heavy atom. The maximum Gasteiger partial charge on any atom is 0.359 e. The molecule has 15 heavy (non-hydrogen) atoms. The lowest BCUT2D eigenvalue weighted by molar-refractivity contribution is 0.0517. The van der Waals surface area contributed by atoms with Crippen molar-refractivity contribution < 1.29 is 9.53 Å². The lowest BCUT2D eigenvalue weighted by Gasteiger charge is -1.99. The van der Waals surface area contributed by atoms with Gasteiger partial charge in [-0.15, -0.1) is 12.4 Å². The van der Waals surface area contributed by atoms with Gasteiger partial charge in [-0.1, -0.05) is 0 Å². The molecule has 0 unspecified atom stereocenters. The summed E-state index contributed by atoms with van der Waals surface area (Å²) < 4.78 is 6.66. The van der Waals surface area contributed by atoms with E-state index < -0.39 is 0 Å². The van der Waals surface area contributed by atoms with Gasteiger partial charge in [0.1, 0.15) is 0 Å². The van der Waals surface area contributed by atoms with Crippen LogP contribution in [0, 0.1) is 0 Å². The van der Waals surface area contributed by atoms with Crippen molar-refractivity contribution in [2.75, 3.05) is 6.61 Å². The van der Waals surface area contributed by atoms with Crippen molar-refractivity contribution in [3.8, 4) is 0 Å². The van der Waals surface area contributed by atoms with Crippen molar-refractivity contribution in [1.82, 2.24) is 15.1 Å². The molecule has 1 aromatic heterocycles. The molecule has 0 amide bonds.